The summed E-state index contributed by atoms with van der Waals surface area (Å²) in [6.07, 6.45) is 0.725. The maximum atomic E-state index is 11.2. The van der Waals surface area contributed by atoms with Crippen LogP contribution in [0.4, 0.5) is 0 Å². The predicted octanol–water partition coefficient (Wildman–Crippen LogP) is -0.151. The van der Waals surface area contributed by atoms with E-state index in [9.17, 15) is 4.79 Å². The zero-order valence-corrected chi connectivity index (χ0v) is 9.61. The lowest BCUT2D eigenvalue weighted by Gasteiger charge is -2.26. The quantitative estimate of drug-likeness (QED) is 0.400. The zero-order valence-electron chi connectivity index (χ0n) is 9.61. The average Bonchev–Trinajstić information content (AvgIpc) is 2.34. The van der Waals surface area contributed by atoms with Crippen molar-refractivity contribution in [1.29, 1.82) is 0 Å². The fourth-order valence-corrected chi connectivity index (χ4v) is 0.994. The van der Waals surface area contributed by atoms with Crippen LogP contribution in [0.15, 0.2) is 12.2 Å². The van der Waals surface area contributed by atoms with Gasteiger partial charge in [0.15, 0.2) is 0 Å². The third-order valence-electron chi connectivity index (χ3n) is 2.59. The molecule has 0 aromatic carbocycles. The molecular formula is C11H20O5. The average molecular weight is 232 g/mol. The second kappa shape index (κ2) is 7.38. The van der Waals surface area contributed by atoms with E-state index in [1.54, 1.807) is 6.92 Å². The van der Waals surface area contributed by atoms with Gasteiger partial charge >= 0.3 is 5.97 Å². The molecule has 0 amide bonds. The number of aliphatic hydroxyl groups is 3. The van der Waals surface area contributed by atoms with Crippen LogP contribution in [0.2, 0.25) is 0 Å². The fraction of sp³-hybridized carbons (Fsp3) is 0.727. The maximum Gasteiger partial charge on any atom is 0.333 e. The van der Waals surface area contributed by atoms with E-state index < -0.39 is 11.4 Å². The molecule has 94 valence electrons. The number of hydrogen-bond acceptors (Lipinski definition) is 5. The number of carbonyl (C=O) groups is 1. The van der Waals surface area contributed by atoms with Crippen molar-refractivity contribution in [3.63, 3.8) is 0 Å². The van der Waals surface area contributed by atoms with Crippen LogP contribution in [-0.2, 0) is 9.53 Å². The Labute approximate surface area is 95.4 Å². The molecule has 0 saturated heterocycles. The molecule has 0 fully saturated rings. The van der Waals surface area contributed by atoms with Crippen LogP contribution >= 0.6 is 0 Å². The minimum Gasteiger partial charge on any atom is -0.462 e. The van der Waals surface area contributed by atoms with E-state index in [4.69, 9.17) is 20.1 Å². The number of esters is 1. The number of carbonyl (C=O) groups excluding carboxylic acids is 1. The molecule has 5 heteroatoms. The smallest absolute Gasteiger partial charge is 0.333 e. The Morgan fingerprint density at radius 1 is 1.25 bits per heavy atom. The zero-order chi connectivity index (χ0) is 12.6. The molecule has 0 atom stereocenters. The van der Waals surface area contributed by atoms with E-state index >= 15 is 0 Å². The fourth-order valence-electron chi connectivity index (χ4n) is 0.994. The third-order valence-corrected chi connectivity index (χ3v) is 2.59. The first-order valence-electron chi connectivity index (χ1n) is 5.22. The normalized spacial score (nSPS) is 11.2. The van der Waals surface area contributed by atoms with Crippen molar-refractivity contribution in [2.24, 2.45) is 5.41 Å². The van der Waals surface area contributed by atoms with Gasteiger partial charge in [-0.1, -0.05) is 13.5 Å². The number of hydrogen-bond donors (Lipinski definition) is 3. The molecule has 0 aromatic rings. The topological polar surface area (TPSA) is 87.0 Å². The Kier molecular flexibility index (Phi) is 6.96. The summed E-state index contributed by atoms with van der Waals surface area (Å²) in [5.41, 5.74) is -0.615. The van der Waals surface area contributed by atoms with Crippen molar-refractivity contribution in [3.05, 3.63) is 12.2 Å². The molecule has 0 aliphatic heterocycles. The van der Waals surface area contributed by atoms with Crippen molar-refractivity contribution in [2.75, 3.05) is 26.4 Å². The molecule has 0 heterocycles. The van der Waals surface area contributed by atoms with Crippen molar-refractivity contribution < 1.29 is 24.9 Å². The first-order valence-corrected chi connectivity index (χ1v) is 5.22. The number of ether oxygens (including phenoxy) is 1. The predicted molar refractivity (Wildman–Crippen MR) is 58.7 cm³/mol. The number of rotatable bonds is 8. The van der Waals surface area contributed by atoms with Gasteiger partial charge in [-0.15, -0.1) is 0 Å². The largest absolute Gasteiger partial charge is 0.462 e. The van der Waals surface area contributed by atoms with Gasteiger partial charge in [0.2, 0.25) is 0 Å². The van der Waals surface area contributed by atoms with Crippen LogP contribution in [-0.4, -0.2) is 47.7 Å². The standard InChI is InChI=1S/C11H20O5/c1-3-9(2)10(15)16-5-4-11(6-12,7-13)8-14/h12-14H,2-8H2,1H3. The van der Waals surface area contributed by atoms with Crippen LogP contribution in [0, 0.1) is 5.41 Å². The highest BCUT2D eigenvalue weighted by atomic mass is 16.5. The van der Waals surface area contributed by atoms with Crippen molar-refractivity contribution in [2.45, 2.75) is 19.8 Å². The minimum atomic E-state index is -0.992. The Hall–Kier alpha value is -0.910. The second-order valence-electron chi connectivity index (χ2n) is 3.82. The van der Waals surface area contributed by atoms with Gasteiger partial charge in [0.05, 0.1) is 26.4 Å². The molecule has 5 nitrogen and oxygen atoms in total. The summed E-state index contributed by atoms with van der Waals surface area (Å²) in [5.74, 6) is -0.481. The summed E-state index contributed by atoms with van der Waals surface area (Å²) < 4.78 is 4.88. The summed E-state index contributed by atoms with van der Waals surface area (Å²) in [6, 6.07) is 0. The highest BCUT2D eigenvalue weighted by Crippen LogP contribution is 2.20. The van der Waals surface area contributed by atoms with Gasteiger partial charge in [-0.2, -0.15) is 0 Å². The second-order valence-corrected chi connectivity index (χ2v) is 3.82. The van der Waals surface area contributed by atoms with E-state index in [1.165, 1.54) is 0 Å². The summed E-state index contributed by atoms with van der Waals surface area (Å²) in [4.78, 5) is 11.2. The van der Waals surface area contributed by atoms with Gasteiger partial charge in [0.1, 0.15) is 0 Å². The highest BCUT2D eigenvalue weighted by Gasteiger charge is 2.28. The van der Waals surface area contributed by atoms with E-state index in [0.29, 0.717) is 12.0 Å². The Morgan fingerprint density at radius 2 is 1.75 bits per heavy atom. The third kappa shape index (κ3) is 4.30. The molecule has 0 spiro atoms. The maximum absolute atomic E-state index is 11.2. The van der Waals surface area contributed by atoms with Crippen LogP contribution in [0.3, 0.4) is 0 Å². The van der Waals surface area contributed by atoms with E-state index in [1.807, 2.05) is 0 Å². The SMILES string of the molecule is C=C(CC)C(=O)OCCC(CO)(CO)CO. The lowest BCUT2D eigenvalue weighted by Crippen LogP contribution is -2.35. The molecule has 0 aliphatic carbocycles. The van der Waals surface area contributed by atoms with E-state index in [2.05, 4.69) is 6.58 Å². The molecular weight excluding hydrogens is 212 g/mol. The highest BCUT2D eigenvalue weighted by molar-refractivity contribution is 5.87. The van der Waals surface area contributed by atoms with Gasteiger partial charge in [-0.05, 0) is 12.8 Å². The lowest BCUT2D eigenvalue weighted by atomic mass is 9.88. The van der Waals surface area contributed by atoms with Crippen LogP contribution in [0.5, 0.6) is 0 Å². The van der Waals surface area contributed by atoms with Crippen molar-refractivity contribution in [3.8, 4) is 0 Å². The van der Waals surface area contributed by atoms with Gasteiger partial charge in [0, 0.05) is 11.0 Å². The molecule has 0 radical (unpaired) electrons. The van der Waals surface area contributed by atoms with Crippen molar-refractivity contribution in [1.82, 2.24) is 0 Å². The summed E-state index contributed by atoms with van der Waals surface area (Å²) in [7, 11) is 0. The van der Waals surface area contributed by atoms with Crippen LogP contribution < -0.4 is 0 Å². The molecule has 0 rings (SSSR count). The molecule has 0 unspecified atom stereocenters. The molecule has 0 aromatic heterocycles. The number of aliphatic hydroxyl groups excluding tert-OH is 3. The summed E-state index contributed by atoms with van der Waals surface area (Å²) in [5, 5.41) is 27.1. The van der Waals surface area contributed by atoms with Crippen molar-refractivity contribution >= 4 is 5.97 Å². The van der Waals surface area contributed by atoms with E-state index in [0.717, 1.165) is 0 Å². The molecule has 0 bridgehead atoms. The lowest BCUT2D eigenvalue weighted by molar-refractivity contribution is -0.140. The molecule has 16 heavy (non-hydrogen) atoms. The monoisotopic (exact) mass is 232 g/mol. The molecule has 0 aliphatic rings. The molecule has 0 saturated carbocycles. The Morgan fingerprint density at radius 3 is 2.12 bits per heavy atom. The van der Waals surface area contributed by atoms with Gasteiger partial charge in [-0.25, -0.2) is 4.79 Å². The van der Waals surface area contributed by atoms with Crippen LogP contribution in [0.1, 0.15) is 19.8 Å². The first-order chi connectivity index (χ1) is 7.55. The van der Waals surface area contributed by atoms with Gasteiger partial charge in [0.25, 0.3) is 0 Å². The first kappa shape index (κ1) is 15.1. The van der Waals surface area contributed by atoms with E-state index in [-0.39, 0.29) is 32.8 Å². The van der Waals surface area contributed by atoms with Gasteiger partial charge < -0.3 is 20.1 Å². The Bertz CT molecular complexity index is 224. The summed E-state index contributed by atoms with van der Waals surface area (Å²) >= 11 is 0. The Balaban J connectivity index is 4.05. The van der Waals surface area contributed by atoms with Crippen LogP contribution in [0.25, 0.3) is 0 Å². The molecule has 3 N–H and O–H groups in total. The summed E-state index contributed by atoms with van der Waals surface area (Å²) in [6.45, 7) is 4.30. The van der Waals surface area contributed by atoms with Gasteiger partial charge in [-0.3, -0.25) is 0 Å². The minimum absolute atomic E-state index is 0.0412.